The summed E-state index contributed by atoms with van der Waals surface area (Å²) in [6.45, 7) is 3.67. The van der Waals surface area contributed by atoms with Gasteiger partial charge < -0.3 is 0 Å². The number of hydrogen-bond donors (Lipinski definition) is 0. The lowest BCUT2D eigenvalue weighted by Gasteiger charge is -2.03. The normalized spacial score (nSPS) is 35.1. The van der Waals surface area contributed by atoms with E-state index in [0.717, 1.165) is 6.42 Å². The summed E-state index contributed by atoms with van der Waals surface area (Å²) in [5, 5.41) is 0.669. The van der Waals surface area contributed by atoms with Crippen molar-refractivity contribution in [1.29, 1.82) is 0 Å². The molecule has 0 aliphatic carbocycles. The van der Waals surface area contributed by atoms with Gasteiger partial charge in [-0.25, -0.2) is 8.42 Å². The van der Waals surface area contributed by atoms with Crippen LogP contribution in [0, 0.1) is 11.2 Å². The van der Waals surface area contributed by atoms with Crippen LogP contribution in [-0.2, 0) is 9.84 Å². The van der Waals surface area contributed by atoms with E-state index in [2.05, 4.69) is 0 Å². The molecule has 0 aromatic rings. The van der Waals surface area contributed by atoms with E-state index in [0.29, 0.717) is 11.0 Å². The molecule has 0 aromatic heterocycles. The predicted octanol–water partition coefficient (Wildman–Crippen LogP) is 0.993. The fourth-order valence-corrected chi connectivity index (χ4v) is 2.72. The summed E-state index contributed by atoms with van der Waals surface area (Å²) in [6.07, 6.45) is 0.814. The molecule has 0 spiro atoms. The summed E-state index contributed by atoms with van der Waals surface area (Å²) in [7, 11) is -2.76. The SMILES string of the molecule is C[C]1C(C)CCS1(=O)=O. The molecule has 1 heterocycles. The van der Waals surface area contributed by atoms with Crippen LogP contribution < -0.4 is 0 Å². The Labute approximate surface area is 56.2 Å². The molecule has 3 heteroatoms. The molecule has 1 saturated heterocycles. The molecular weight excluding hydrogens is 136 g/mol. The Bertz CT molecular complexity index is 193. The summed E-state index contributed by atoms with van der Waals surface area (Å²) in [6, 6.07) is 0. The smallest absolute Gasteiger partial charge is 0.157 e. The third-order valence-corrected chi connectivity index (χ3v) is 4.16. The molecule has 53 valence electrons. The highest BCUT2D eigenvalue weighted by Gasteiger charge is 2.34. The fourth-order valence-electron chi connectivity index (χ4n) is 1.00. The van der Waals surface area contributed by atoms with E-state index in [9.17, 15) is 8.42 Å². The Hall–Kier alpha value is -0.0500. The van der Waals surface area contributed by atoms with Gasteiger partial charge >= 0.3 is 0 Å². The molecule has 1 radical (unpaired) electrons. The topological polar surface area (TPSA) is 34.1 Å². The lowest BCUT2D eigenvalue weighted by atomic mass is 10.1. The predicted molar refractivity (Wildman–Crippen MR) is 36.5 cm³/mol. The van der Waals surface area contributed by atoms with Crippen LogP contribution in [0.1, 0.15) is 20.3 Å². The molecule has 9 heavy (non-hydrogen) atoms. The minimum absolute atomic E-state index is 0.287. The van der Waals surface area contributed by atoms with Crippen molar-refractivity contribution in [3.8, 4) is 0 Å². The van der Waals surface area contributed by atoms with Gasteiger partial charge in [-0.2, -0.15) is 0 Å². The molecule has 0 amide bonds. The van der Waals surface area contributed by atoms with Gasteiger partial charge in [-0.15, -0.1) is 0 Å². The van der Waals surface area contributed by atoms with E-state index >= 15 is 0 Å². The van der Waals surface area contributed by atoms with Crippen molar-refractivity contribution >= 4 is 9.84 Å². The summed E-state index contributed by atoms with van der Waals surface area (Å²) in [4.78, 5) is 0. The fraction of sp³-hybridized carbons (Fsp3) is 0.833. The summed E-state index contributed by atoms with van der Waals surface area (Å²) in [5.41, 5.74) is 0. The Morgan fingerprint density at radius 1 is 1.56 bits per heavy atom. The van der Waals surface area contributed by atoms with Crippen molar-refractivity contribution in [2.45, 2.75) is 20.3 Å². The number of sulfone groups is 1. The van der Waals surface area contributed by atoms with Crippen LogP contribution in [0.4, 0.5) is 0 Å². The first-order chi connectivity index (χ1) is 4.04. The zero-order chi connectivity index (χ0) is 7.07. The van der Waals surface area contributed by atoms with Gasteiger partial charge in [0.1, 0.15) is 0 Å². The Morgan fingerprint density at radius 2 is 2.11 bits per heavy atom. The highest BCUT2D eigenvalue weighted by molar-refractivity contribution is 7.94. The molecule has 1 atom stereocenters. The minimum atomic E-state index is -2.76. The lowest BCUT2D eigenvalue weighted by Crippen LogP contribution is -2.06. The molecule has 1 unspecified atom stereocenters. The molecule has 2 nitrogen and oxygen atoms in total. The second kappa shape index (κ2) is 1.97. The largest absolute Gasteiger partial charge is 0.228 e. The van der Waals surface area contributed by atoms with E-state index in [1.165, 1.54) is 0 Å². The van der Waals surface area contributed by atoms with E-state index in [4.69, 9.17) is 0 Å². The van der Waals surface area contributed by atoms with Gasteiger partial charge in [-0.1, -0.05) is 6.92 Å². The first-order valence-electron chi connectivity index (χ1n) is 3.10. The minimum Gasteiger partial charge on any atom is -0.228 e. The van der Waals surface area contributed by atoms with Gasteiger partial charge in [0, 0.05) is 0 Å². The van der Waals surface area contributed by atoms with E-state index in [1.54, 1.807) is 6.92 Å². The zero-order valence-electron chi connectivity index (χ0n) is 5.72. The average Bonchev–Trinajstić information content (AvgIpc) is 1.97. The van der Waals surface area contributed by atoms with Gasteiger partial charge in [-0.05, 0) is 19.3 Å². The molecule has 1 aliphatic rings. The molecule has 0 aromatic carbocycles. The van der Waals surface area contributed by atoms with Crippen LogP contribution in [0.2, 0.25) is 0 Å². The van der Waals surface area contributed by atoms with Gasteiger partial charge in [0.15, 0.2) is 9.84 Å². The zero-order valence-corrected chi connectivity index (χ0v) is 6.53. The molecule has 0 bridgehead atoms. The van der Waals surface area contributed by atoms with Crippen LogP contribution in [0.15, 0.2) is 0 Å². The first kappa shape index (κ1) is 7.06. The molecule has 1 aliphatic heterocycles. The first-order valence-corrected chi connectivity index (χ1v) is 4.75. The third kappa shape index (κ3) is 1.11. The van der Waals surface area contributed by atoms with Crippen molar-refractivity contribution in [1.82, 2.24) is 0 Å². The second-order valence-electron chi connectivity index (χ2n) is 2.62. The third-order valence-electron chi connectivity index (χ3n) is 2.00. The number of rotatable bonds is 0. The molecule has 0 saturated carbocycles. The Kier molecular flexibility index (Phi) is 1.55. The number of hydrogen-bond acceptors (Lipinski definition) is 2. The quantitative estimate of drug-likeness (QED) is 0.512. The highest BCUT2D eigenvalue weighted by Crippen LogP contribution is 2.31. The Morgan fingerprint density at radius 3 is 2.22 bits per heavy atom. The van der Waals surface area contributed by atoms with E-state index in [-0.39, 0.29) is 5.92 Å². The second-order valence-corrected chi connectivity index (χ2v) is 4.90. The van der Waals surface area contributed by atoms with Crippen molar-refractivity contribution < 1.29 is 8.42 Å². The molecule has 1 fully saturated rings. The van der Waals surface area contributed by atoms with Gasteiger partial charge in [-0.3, -0.25) is 0 Å². The lowest BCUT2D eigenvalue weighted by molar-refractivity contribution is 0.598. The van der Waals surface area contributed by atoms with Crippen molar-refractivity contribution in [3.05, 3.63) is 5.25 Å². The maximum atomic E-state index is 10.9. The summed E-state index contributed by atoms with van der Waals surface area (Å²) < 4.78 is 21.9. The monoisotopic (exact) mass is 147 g/mol. The summed E-state index contributed by atoms with van der Waals surface area (Å²) >= 11 is 0. The van der Waals surface area contributed by atoms with Gasteiger partial charge in [0.25, 0.3) is 0 Å². The van der Waals surface area contributed by atoms with Crippen LogP contribution in [0.25, 0.3) is 0 Å². The van der Waals surface area contributed by atoms with Crippen LogP contribution >= 0.6 is 0 Å². The standard InChI is InChI=1S/C6H11O2S/c1-5-3-4-9(7,8)6(5)2/h5H,3-4H2,1-2H3. The van der Waals surface area contributed by atoms with Crippen LogP contribution in [0.5, 0.6) is 0 Å². The van der Waals surface area contributed by atoms with Crippen molar-refractivity contribution in [2.75, 3.05) is 5.75 Å². The molecule has 1 rings (SSSR count). The maximum absolute atomic E-state index is 10.9. The van der Waals surface area contributed by atoms with Crippen LogP contribution in [-0.4, -0.2) is 14.2 Å². The van der Waals surface area contributed by atoms with Crippen molar-refractivity contribution in [3.63, 3.8) is 0 Å². The molecular formula is C6H11O2S. The van der Waals surface area contributed by atoms with E-state index < -0.39 is 9.84 Å². The van der Waals surface area contributed by atoms with Gasteiger partial charge in [0.05, 0.1) is 11.0 Å². The maximum Gasteiger partial charge on any atom is 0.157 e. The molecule has 0 N–H and O–H groups in total. The summed E-state index contributed by atoms with van der Waals surface area (Å²) in [5.74, 6) is 0.648. The Balaban J connectivity index is 2.87. The highest BCUT2D eigenvalue weighted by atomic mass is 32.2. The van der Waals surface area contributed by atoms with Crippen molar-refractivity contribution in [2.24, 2.45) is 5.92 Å². The van der Waals surface area contributed by atoms with E-state index in [1.807, 2.05) is 6.92 Å². The average molecular weight is 147 g/mol. The van der Waals surface area contributed by atoms with Crippen LogP contribution in [0.3, 0.4) is 0 Å². The van der Waals surface area contributed by atoms with Gasteiger partial charge in [0.2, 0.25) is 0 Å².